The van der Waals surface area contributed by atoms with Gasteiger partial charge in [-0.05, 0) is 24.3 Å². The van der Waals surface area contributed by atoms with Crippen molar-refractivity contribution in [2.75, 3.05) is 7.05 Å². The highest BCUT2D eigenvalue weighted by atomic mass is 79.9. The molecule has 0 aliphatic carbocycles. The Hall–Kier alpha value is -1.09. The van der Waals surface area contributed by atoms with Crippen molar-refractivity contribution in [3.8, 4) is 0 Å². The number of halogens is 1. The number of nitrogens with one attached hydrogen (secondary N) is 1. The number of benzene rings is 1. The maximum absolute atomic E-state index is 11.4. The first kappa shape index (κ1) is 9.99. The monoisotopic (exact) mass is 239 g/mol. The molecule has 0 saturated heterocycles. The van der Waals surface area contributed by atoms with Crippen LogP contribution in [0.4, 0.5) is 0 Å². The fourth-order valence-electron chi connectivity index (χ4n) is 0.869. The summed E-state index contributed by atoms with van der Waals surface area (Å²) in [5.74, 6) is 0.00171. The van der Waals surface area contributed by atoms with Crippen molar-refractivity contribution in [1.29, 1.82) is 0 Å². The van der Waals surface area contributed by atoms with Crippen LogP contribution < -0.4 is 5.32 Å². The third kappa shape index (κ3) is 3.03. The summed E-state index contributed by atoms with van der Waals surface area (Å²) in [5, 5.41) is 2.77. The standard InChI is InChI=1S/C10H10BrNO/c1-12-7-6-10(13)8-2-4-9(11)5-3-8/h2-7,12H,1H3/b7-6+. The largest absolute Gasteiger partial charge is 0.394 e. The van der Waals surface area contributed by atoms with E-state index in [1.165, 1.54) is 6.08 Å². The van der Waals surface area contributed by atoms with Gasteiger partial charge in [-0.25, -0.2) is 0 Å². The lowest BCUT2D eigenvalue weighted by Gasteiger charge is -1.95. The maximum Gasteiger partial charge on any atom is 0.187 e. The van der Waals surface area contributed by atoms with Crippen molar-refractivity contribution >= 4 is 21.7 Å². The predicted molar refractivity (Wildman–Crippen MR) is 56.7 cm³/mol. The van der Waals surface area contributed by atoms with Crippen molar-refractivity contribution in [1.82, 2.24) is 5.32 Å². The van der Waals surface area contributed by atoms with E-state index >= 15 is 0 Å². The lowest BCUT2D eigenvalue weighted by molar-refractivity contribution is 0.104. The fourth-order valence-corrected chi connectivity index (χ4v) is 1.13. The molecule has 0 amide bonds. The van der Waals surface area contributed by atoms with Crippen LogP contribution in [-0.2, 0) is 0 Å². The zero-order valence-corrected chi connectivity index (χ0v) is 8.84. The second-order valence-electron chi connectivity index (χ2n) is 2.49. The lowest BCUT2D eigenvalue weighted by atomic mass is 10.1. The molecule has 0 aliphatic rings. The SMILES string of the molecule is CN/C=C/C(=O)c1ccc(Br)cc1. The Bertz CT molecular complexity index is 316. The summed E-state index contributed by atoms with van der Waals surface area (Å²) in [6.45, 7) is 0. The van der Waals surface area contributed by atoms with Crippen molar-refractivity contribution in [3.63, 3.8) is 0 Å². The van der Waals surface area contributed by atoms with Gasteiger partial charge < -0.3 is 5.32 Å². The summed E-state index contributed by atoms with van der Waals surface area (Å²) < 4.78 is 0.974. The van der Waals surface area contributed by atoms with E-state index in [0.717, 1.165) is 4.47 Å². The Morgan fingerprint density at radius 2 is 2.00 bits per heavy atom. The highest BCUT2D eigenvalue weighted by Crippen LogP contribution is 2.10. The molecule has 1 aromatic rings. The van der Waals surface area contributed by atoms with Gasteiger partial charge in [0, 0.05) is 29.4 Å². The van der Waals surface area contributed by atoms with Gasteiger partial charge in [0.2, 0.25) is 0 Å². The molecule has 0 saturated carbocycles. The van der Waals surface area contributed by atoms with Crippen molar-refractivity contribution in [2.24, 2.45) is 0 Å². The molecule has 0 aliphatic heterocycles. The van der Waals surface area contributed by atoms with E-state index in [-0.39, 0.29) is 5.78 Å². The molecule has 0 spiro atoms. The minimum absolute atomic E-state index is 0.00171. The van der Waals surface area contributed by atoms with Crippen LogP contribution in [0.25, 0.3) is 0 Å². The Morgan fingerprint density at radius 1 is 1.38 bits per heavy atom. The van der Waals surface area contributed by atoms with Crippen LogP contribution >= 0.6 is 15.9 Å². The summed E-state index contributed by atoms with van der Waals surface area (Å²) in [7, 11) is 1.76. The molecule has 0 heterocycles. The number of hydrogen-bond donors (Lipinski definition) is 1. The van der Waals surface area contributed by atoms with Gasteiger partial charge in [-0.2, -0.15) is 0 Å². The average molecular weight is 240 g/mol. The molecule has 13 heavy (non-hydrogen) atoms. The molecule has 2 nitrogen and oxygen atoms in total. The Morgan fingerprint density at radius 3 is 2.54 bits per heavy atom. The smallest absolute Gasteiger partial charge is 0.187 e. The highest BCUT2D eigenvalue weighted by molar-refractivity contribution is 9.10. The van der Waals surface area contributed by atoms with Gasteiger partial charge in [-0.1, -0.05) is 15.9 Å². The summed E-state index contributed by atoms with van der Waals surface area (Å²) in [4.78, 5) is 11.4. The van der Waals surface area contributed by atoms with Crippen LogP contribution in [0.2, 0.25) is 0 Å². The van der Waals surface area contributed by atoms with E-state index in [0.29, 0.717) is 5.56 Å². The van der Waals surface area contributed by atoms with Gasteiger partial charge in [-0.3, -0.25) is 4.79 Å². The molecular weight excluding hydrogens is 230 g/mol. The van der Waals surface area contributed by atoms with Gasteiger partial charge in [0.15, 0.2) is 5.78 Å². The van der Waals surface area contributed by atoms with E-state index in [2.05, 4.69) is 21.2 Å². The Balaban J connectivity index is 2.78. The van der Waals surface area contributed by atoms with Crippen molar-refractivity contribution in [2.45, 2.75) is 0 Å². The zero-order valence-electron chi connectivity index (χ0n) is 7.25. The quantitative estimate of drug-likeness (QED) is 0.649. The van der Waals surface area contributed by atoms with Gasteiger partial charge in [0.25, 0.3) is 0 Å². The van der Waals surface area contributed by atoms with Crippen molar-refractivity contribution < 1.29 is 4.79 Å². The Kier molecular flexibility index (Phi) is 3.71. The van der Waals surface area contributed by atoms with E-state index in [1.54, 1.807) is 25.4 Å². The topological polar surface area (TPSA) is 29.1 Å². The molecule has 1 N–H and O–H groups in total. The molecule has 0 unspecified atom stereocenters. The second kappa shape index (κ2) is 4.82. The number of carbonyl (C=O) groups excluding carboxylic acids is 1. The minimum atomic E-state index is 0.00171. The van der Waals surface area contributed by atoms with E-state index < -0.39 is 0 Å². The Labute approximate surface area is 85.8 Å². The van der Waals surface area contributed by atoms with Gasteiger partial charge in [-0.15, -0.1) is 0 Å². The zero-order chi connectivity index (χ0) is 9.68. The number of ketones is 1. The molecule has 0 radical (unpaired) electrons. The first-order valence-electron chi connectivity index (χ1n) is 3.88. The molecule has 1 aromatic carbocycles. The highest BCUT2D eigenvalue weighted by Gasteiger charge is 1.99. The fraction of sp³-hybridized carbons (Fsp3) is 0.100. The van der Waals surface area contributed by atoms with Gasteiger partial charge in [0.05, 0.1) is 0 Å². The van der Waals surface area contributed by atoms with Crippen LogP contribution in [0.1, 0.15) is 10.4 Å². The number of hydrogen-bond acceptors (Lipinski definition) is 2. The predicted octanol–water partition coefficient (Wildman–Crippen LogP) is 2.36. The number of carbonyl (C=O) groups is 1. The lowest BCUT2D eigenvalue weighted by Crippen LogP contribution is -1.98. The van der Waals surface area contributed by atoms with Crippen LogP contribution in [0, 0.1) is 0 Å². The van der Waals surface area contributed by atoms with Crippen LogP contribution in [0.3, 0.4) is 0 Å². The van der Waals surface area contributed by atoms with E-state index in [1.807, 2.05) is 12.1 Å². The average Bonchev–Trinajstić information content (AvgIpc) is 2.15. The van der Waals surface area contributed by atoms with Crippen LogP contribution in [0.5, 0.6) is 0 Å². The molecule has 0 bridgehead atoms. The second-order valence-corrected chi connectivity index (χ2v) is 3.41. The first-order valence-corrected chi connectivity index (χ1v) is 4.67. The summed E-state index contributed by atoms with van der Waals surface area (Å²) in [5.41, 5.74) is 0.690. The molecule has 1 rings (SSSR count). The maximum atomic E-state index is 11.4. The summed E-state index contributed by atoms with van der Waals surface area (Å²) in [6.07, 6.45) is 3.12. The normalized spacial score (nSPS) is 10.3. The van der Waals surface area contributed by atoms with Crippen molar-refractivity contribution in [3.05, 3.63) is 46.6 Å². The first-order chi connectivity index (χ1) is 6.24. The molecular formula is C10H10BrNO. The molecule has 3 heteroatoms. The minimum Gasteiger partial charge on any atom is -0.394 e. The number of rotatable bonds is 3. The molecule has 0 fully saturated rings. The summed E-state index contributed by atoms with van der Waals surface area (Å²) in [6, 6.07) is 7.26. The summed E-state index contributed by atoms with van der Waals surface area (Å²) >= 11 is 3.31. The molecule has 68 valence electrons. The molecule has 0 atom stereocenters. The third-order valence-corrected chi connectivity index (χ3v) is 2.06. The van der Waals surface area contributed by atoms with Gasteiger partial charge in [0.1, 0.15) is 0 Å². The van der Waals surface area contributed by atoms with E-state index in [4.69, 9.17) is 0 Å². The van der Waals surface area contributed by atoms with Crippen LogP contribution in [0.15, 0.2) is 41.0 Å². The van der Waals surface area contributed by atoms with Crippen LogP contribution in [-0.4, -0.2) is 12.8 Å². The number of allylic oxidation sites excluding steroid dienone is 1. The molecule has 0 aromatic heterocycles. The van der Waals surface area contributed by atoms with E-state index in [9.17, 15) is 4.79 Å². The third-order valence-electron chi connectivity index (χ3n) is 1.53. The van der Waals surface area contributed by atoms with Gasteiger partial charge >= 0.3 is 0 Å².